The van der Waals surface area contributed by atoms with Crippen LogP contribution >= 0.6 is 0 Å². The SMILES string of the molecule is Cc1cnc(CNc2ccc(S(=O)(=O)C(F)F)cc2)cn1. The van der Waals surface area contributed by atoms with Crippen LogP contribution in [0.25, 0.3) is 0 Å². The van der Waals surface area contributed by atoms with Crippen molar-refractivity contribution in [3.63, 3.8) is 0 Å². The largest absolute Gasteiger partial charge is 0.379 e. The van der Waals surface area contributed by atoms with Gasteiger partial charge in [-0.3, -0.25) is 9.97 Å². The Labute approximate surface area is 121 Å². The first kappa shape index (κ1) is 15.3. The average Bonchev–Trinajstić information content (AvgIpc) is 2.47. The summed E-state index contributed by atoms with van der Waals surface area (Å²) in [5, 5.41) is 3.00. The van der Waals surface area contributed by atoms with Gasteiger partial charge in [-0.15, -0.1) is 0 Å². The Bertz CT molecular complexity index is 701. The molecule has 0 fully saturated rings. The second-order valence-corrected chi connectivity index (χ2v) is 6.25. The minimum absolute atomic E-state index is 0.397. The maximum absolute atomic E-state index is 12.4. The molecule has 1 aromatic carbocycles. The van der Waals surface area contributed by atoms with E-state index in [9.17, 15) is 17.2 Å². The molecule has 2 aromatic rings. The van der Waals surface area contributed by atoms with Crippen LogP contribution in [0.1, 0.15) is 11.4 Å². The first-order valence-electron chi connectivity index (χ1n) is 6.03. The first-order valence-corrected chi connectivity index (χ1v) is 7.58. The van der Waals surface area contributed by atoms with Gasteiger partial charge in [0.2, 0.25) is 9.84 Å². The highest BCUT2D eigenvalue weighted by atomic mass is 32.2. The van der Waals surface area contributed by atoms with Gasteiger partial charge in [0.05, 0.1) is 29.0 Å². The Morgan fingerprint density at radius 3 is 2.33 bits per heavy atom. The molecule has 0 saturated heterocycles. The predicted molar refractivity (Wildman–Crippen MR) is 73.7 cm³/mol. The molecular formula is C13H13F2N3O2S. The molecule has 0 unspecified atom stereocenters. The lowest BCUT2D eigenvalue weighted by Crippen LogP contribution is -2.11. The van der Waals surface area contributed by atoms with Crippen LogP contribution in [-0.2, 0) is 16.4 Å². The van der Waals surface area contributed by atoms with Gasteiger partial charge in [0, 0.05) is 11.9 Å². The highest BCUT2D eigenvalue weighted by molar-refractivity contribution is 7.91. The Kier molecular flexibility index (Phi) is 4.46. The van der Waals surface area contributed by atoms with Crippen molar-refractivity contribution in [3.05, 3.63) is 48.0 Å². The number of aryl methyl sites for hydroxylation is 1. The standard InChI is InChI=1S/C13H13F2N3O2S/c1-9-6-17-11(7-16-9)8-18-10-2-4-12(5-3-10)21(19,20)13(14)15/h2-7,13,18H,8H2,1H3. The van der Waals surface area contributed by atoms with E-state index in [4.69, 9.17) is 0 Å². The number of aromatic nitrogens is 2. The molecule has 2 rings (SSSR count). The topological polar surface area (TPSA) is 72.0 Å². The van der Waals surface area contributed by atoms with Gasteiger partial charge in [0.1, 0.15) is 0 Å². The smallest absolute Gasteiger partial charge is 0.341 e. The molecule has 5 nitrogen and oxygen atoms in total. The maximum atomic E-state index is 12.4. The summed E-state index contributed by atoms with van der Waals surface area (Å²) in [4.78, 5) is 7.84. The van der Waals surface area contributed by atoms with Crippen molar-refractivity contribution in [1.82, 2.24) is 9.97 Å². The molecule has 8 heteroatoms. The summed E-state index contributed by atoms with van der Waals surface area (Å²) in [7, 11) is -4.55. The second-order valence-electron chi connectivity index (χ2n) is 4.33. The maximum Gasteiger partial charge on any atom is 0.341 e. The van der Waals surface area contributed by atoms with Crippen LogP contribution in [0.3, 0.4) is 0 Å². The van der Waals surface area contributed by atoms with Crippen molar-refractivity contribution in [3.8, 4) is 0 Å². The van der Waals surface area contributed by atoms with E-state index in [1.807, 2.05) is 6.92 Å². The van der Waals surface area contributed by atoms with Crippen LogP contribution in [0.5, 0.6) is 0 Å². The zero-order valence-electron chi connectivity index (χ0n) is 11.1. The Morgan fingerprint density at radius 2 is 1.81 bits per heavy atom. The van der Waals surface area contributed by atoms with E-state index in [-0.39, 0.29) is 0 Å². The number of sulfone groups is 1. The summed E-state index contributed by atoms with van der Waals surface area (Å²) in [5.74, 6) is -3.42. The van der Waals surface area contributed by atoms with Gasteiger partial charge in [0.25, 0.3) is 0 Å². The van der Waals surface area contributed by atoms with Crippen molar-refractivity contribution in [2.45, 2.75) is 24.1 Å². The van der Waals surface area contributed by atoms with E-state index in [1.54, 1.807) is 12.4 Å². The highest BCUT2D eigenvalue weighted by Gasteiger charge is 2.26. The lowest BCUT2D eigenvalue weighted by molar-refractivity contribution is 0.234. The molecule has 1 aromatic heterocycles. The molecular weight excluding hydrogens is 300 g/mol. The van der Waals surface area contributed by atoms with E-state index < -0.39 is 20.5 Å². The van der Waals surface area contributed by atoms with E-state index in [0.717, 1.165) is 17.8 Å². The number of alkyl halides is 2. The fourth-order valence-electron chi connectivity index (χ4n) is 1.57. The zero-order chi connectivity index (χ0) is 15.5. The van der Waals surface area contributed by atoms with Crippen LogP contribution in [0.15, 0.2) is 41.6 Å². The van der Waals surface area contributed by atoms with Gasteiger partial charge in [-0.1, -0.05) is 0 Å². The van der Waals surface area contributed by atoms with E-state index in [1.165, 1.54) is 12.1 Å². The molecule has 0 aliphatic heterocycles. The molecule has 1 N–H and O–H groups in total. The highest BCUT2D eigenvalue weighted by Crippen LogP contribution is 2.20. The zero-order valence-corrected chi connectivity index (χ0v) is 11.9. The third-order valence-electron chi connectivity index (χ3n) is 2.73. The Morgan fingerprint density at radius 1 is 1.14 bits per heavy atom. The summed E-state index contributed by atoms with van der Waals surface area (Å²) in [5.41, 5.74) is 2.12. The number of anilines is 1. The molecule has 0 saturated carbocycles. The monoisotopic (exact) mass is 313 g/mol. The van der Waals surface area contributed by atoms with Crippen molar-refractivity contribution >= 4 is 15.5 Å². The summed E-state index contributed by atoms with van der Waals surface area (Å²) in [6, 6.07) is 5.14. The summed E-state index contributed by atoms with van der Waals surface area (Å²) in [6.07, 6.45) is 3.26. The second kappa shape index (κ2) is 6.13. The number of rotatable bonds is 5. The van der Waals surface area contributed by atoms with E-state index in [0.29, 0.717) is 17.9 Å². The number of halogens is 2. The van der Waals surface area contributed by atoms with Crippen molar-refractivity contribution in [2.24, 2.45) is 0 Å². The molecule has 1 heterocycles. The van der Waals surface area contributed by atoms with Crippen LogP contribution in [0, 0.1) is 6.92 Å². The lowest BCUT2D eigenvalue weighted by atomic mass is 10.3. The molecule has 0 amide bonds. The fourth-order valence-corrected chi connectivity index (χ4v) is 2.29. The molecule has 0 bridgehead atoms. The van der Waals surface area contributed by atoms with Gasteiger partial charge in [-0.2, -0.15) is 8.78 Å². The normalized spacial score (nSPS) is 11.6. The third kappa shape index (κ3) is 3.72. The number of benzene rings is 1. The lowest BCUT2D eigenvalue weighted by Gasteiger charge is -2.07. The summed E-state index contributed by atoms with van der Waals surface area (Å²) < 4.78 is 47.3. The van der Waals surface area contributed by atoms with Crippen LogP contribution < -0.4 is 5.32 Å². The molecule has 0 atom stereocenters. The van der Waals surface area contributed by atoms with Gasteiger partial charge in [-0.25, -0.2) is 8.42 Å². The number of nitrogens with zero attached hydrogens (tertiary/aromatic N) is 2. The van der Waals surface area contributed by atoms with Crippen LogP contribution in [-0.4, -0.2) is 24.1 Å². The minimum Gasteiger partial charge on any atom is -0.379 e. The molecule has 112 valence electrons. The average molecular weight is 313 g/mol. The molecule has 21 heavy (non-hydrogen) atoms. The van der Waals surface area contributed by atoms with Crippen molar-refractivity contribution in [2.75, 3.05) is 5.32 Å². The minimum atomic E-state index is -4.55. The van der Waals surface area contributed by atoms with Gasteiger partial charge < -0.3 is 5.32 Å². The quantitative estimate of drug-likeness (QED) is 0.917. The van der Waals surface area contributed by atoms with E-state index >= 15 is 0 Å². The summed E-state index contributed by atoms with van der Waals surface area (Å²) in [6.45, 7) is 2.22. The third-order valence-corrected chi connectivity index (χ3v) is 4.12. The molecule has 0 aliphatic carbocycles. The molecule has 0 spiro atoms. The van der Waals surface area contributed by atoms with Crippen molar-refractivity contribution < 1.29 is 17.2 Å². The van der Waals surface area contributed by atoms with Gasteiger partial charge in [-0.05, 0) is 31.2 Å². The van der Waals surface area contributed by atoms with Gasteiger partial charge in [0.15, 0.2) is 0 Å². The summed E-state index contributed by atoms with van der Waals surface area (Å²) >= 11 is 0. The van der Waals surface area contributed by atoms with Gasteiger partial charge >= 0.3 is 5.76 Å². The number of hydrogen-bond donors (Lipinski definition) is 1. The van der Waals surface area contributed by atoms with Crippen LogP contribution in [0.2, 0.25) is 0 Å². The predicted octanol–water partition coefficient (Wildman–Crippen LogP) is 2.39. The van der Waals surface area contributed by atoms with E-state index in [2.05, 4.69) is 15.3 Å². The molecule has 0 aliphatic rings. The van der Waals surface area contributed by atoms with Crippen molar-refractivity contribution in [1.29, 1.82) is 0 Å². The first-order chi connectivity index (χ1) is 9.89. The Hall–Kier alpha value is -2.09. The number of nitrogens with one attached hydrogen (secondary N) is 1. The molecule has 0 radical (unpaired) electrons. The fraction of sp³-hybridized carbons (Fsp3) is 0.231. The Balaban J connectivity index is 2.05. The van der Waals surface area contributed by atoms with Crippen LogP contribution in [0.4, 0.5) is 14.5 Å². The number of hydrogen-bond acceptors (Lipinski definition) is 5.